The van der Waals surface area contributed by atoms with Gasteiger partial charge in [-0.25, -0.2) is 4.79 Å². The predicted molar refractivity (Wildman–Crippen MR) is 98.7 cm³/mol. The summed E-state index contributed by atoms with van der Waals surface area (Å²) in [5.41, 5.74) is 0.554. The molecule has 1 N–H and O–H groups in total. The number of benzene rings is 1. The predicted octanol–water partition coefficient (Wildman–Crippen LogP) is 3.31. The third kappa shape index (κ3) is 6.33. The summed E-state index contributed by atoms with van der Waals surface area (Å²) in [5.74, 6) is -0.133. The number of carbonyl (C=O) groups excluding carboxylic acids is 1. The van der Waals surface area contributed by atoms with Crippen LogP contribution < -0.4 is 0 Å². The first-order valence-electron chi connectivity index (χ1n) is 9.00. The maximum atomic E-state index is 12.1. The van der Waals surface area contributed by atoms with Gasteiger partial charge in [0.05, 0.1) is 38.3 Å². The maximum absolute atomic E-state index is 12.1. The van der Waals surface area contributed by atoms with E-state index in [0.717, 1.165) is 19.3 Å². The molecule has 2 radical (unpaired) electrons. The van der Waals surface area contributed by atoms with Crippen molar-refractivity contribution in [2.24, 2.45) is 5.92 Å². The highest BCUT2D eigenvalue weighted by Crippen LogP contribution is 2.29. The Bertz CT molecular complexity index is 534. The Morgan fingerprint density at radius 3 is 2.88 bits per heavy atom. The largest absolute Gasteiger partial charge is 0.462 e. The summed E-state index contributed by atoms with van der Waals surface area (Å²) in [6, 6.07) is 8.98. The van der Waals surface area contributed by atoms with Crippen LogP contribution in [0.25, 0.3) is 0 Å². The number of esters is 1. The second-order valence-corrected chi connectivity index (χ2v) is 6.62. The lowest BCUT2D eigenvalue weighted by atomic mass is 9.91. The summed E-state index contributed by atoms with van der Waals surface area (Å²) in [6.45, 7) is 4.04. The first-order chi connectivity index (χ1) is 12.1. The van der Waals surface area contributed by atoms with Gasteiger partial charge in [-0.3, -0.25) is 0 Å². The van der Waals surface area contributed by atoms with Crippen molar-refractivity contribution >= 4 is 13.8 Å². The van der Waals surface area contributed by atoms with Gasteiger partial charge in [0.2, 0.25) is 0 Å². The summed E-state index contributed by atoms with van der Waals surface area (Å²) in [7, 11) is 5.63. The standard InChI is InChI=1S/C20H27BO4/c1-2-7-19-18(22)13-17(25-19)12-15(8-6-11-21)14-24-20(23)16-9-4-3-5-10-16/h2-5,9-10,15,17-19,22H,1,6-8,11-14H2/t15-,17+,18+,19-/m0/s1. The average molecular weight is 342 g/mol. The topological polar surface area (TPSA) is 55.8 Å². The van der Waals surface area contributed by atoms with Crippen molar-refractivity contribution in [3.63, 3.8) is 0 Å². The number of aliphatic hydroxyl groups is 1. The van der Waals surface area contributed by atoms with Crippen molar-refractivity contribution in [2.75, 3.05) is 6.61 Å². The van der Waals surface area contributed by atoms with Gasteiger partial charge in [-0.2, -0.15) is 0 Å². The zero-order valence-electron chi connectivity index (χ0n) is 14.7. The van der Waals surface area contributed by atoms with Gasteiger partial charge in [0, 0.05) is 6.42 Å². The Morgan fingerprint density at radius 1 is 1.44 bits per heavy atom. The van der Waals surface area contributed by atoms with Gasteiger partial charge in [0.25, 0.3) is 0 Å². The van der Waals surface area contributed by atoms with Gasteiger partial charge in [0.15, 0.2) is 0 Å². The summed E-state index contributed by atoms with van der Waals surface area (Å²) >= 11 is 0. The molecule has 25 heavy (non-hydrogen) atoms. The molecule has 0 aromatic heterocycles. The summed E-state index contributed by atoms with van der Waals surface area (Å²) in [5, 5.41) is 10.1. The molecule has 2 rings (SSSR count). The minimum Gasteiger partial charge on any atom is -0.462 e. The number of ether oxygens (including phenoxy) is 2. The summed E-state index contributed by atoms with van der Waals surface area (Å²) in [6.07, 6.45) is 5.50. The van der Waals surface area contributed by atoms with E-state index in [1.807, 2.05) is 18.2 Å². The SMILES string of the molecule is [B]CCC[C@H](COC(=O)c1ccccc1)C[C@@H]1C[C@@H](O)[C@H](CC=C)O1. The minimum absolute atomic E-state index is 0.0156. The quantitative estimate of drug-likeness (QED) is 0.403. The van der Waals surface area contributed by atoms with E-state index in [1.54, 1.807) is 18.2 Å². The second kappa shape index (κ2) is 10.4. The maximum Gasteiger partial charge on any atom is 0.338 e. The molecule has 134 valence electrons. The number of hydrogen-bond donors (Lipinski definition) is 1. The molecule has 0 spiro atoms. The number of aliphatic hydroxyl groups excluding tert-OH is 1. The fourth-order valence-electron chi connectivity index (χ4n) is 3.24. The Labute approximate surface area is 151 Å². The van der Waals surface area contributed by atoms with Crippen molar-refractivity contribution in [3.05, 3.63) is 48.6 Å². The van der Waals surface area contributed by atoms with Crippen LogP contribution in [0.1, 0.15) is 42.5 Å². The normalized spacial score (nSPS) is 24.0. The Hall–Kier alpha value is -1.59. The van der Waals surface area contributed by atoms with Crippen molar-refractivity contribution in [1.82, 2.24) is 0 Å². The summed E-state index contributed by atoms with van der Waals surface area (Å²) < 4.78 is 11.4. The molecule has 1 aromatic carbocycles. The first-order valence-corrected chi connectivity index (χ1v) is 9.00. The Morgan fingerprint density at radius 2 is 2.20 bits per heavy atom. The monoisotopic (exact) mass is 342 g/mol. The zero-order valence-corrected chi connectivity index (χ0v) is 14.7. The van der Waals surface area contributed by atoms with Crippen LogP contribution in [0.3, 0.4) is 0 Å². The van der Waals surface area contributed by atoms with Crippen molar-refractivity contribution in [2.45, 2.75) is 56.7 Å². The van der Waals surface area contributed by atoms with Crippen LogP contribution in [-0.4, -0.2) is 43.8 Å². The van der Waals surface area contributed by atoms with E-state index in [0.29, 0.717) is 31.3 Å². The second-order valence-electron chi connectivity index (χ2n) is 6.62. The lowest BCUT2D eigenvalue weighted by molar-refractivity contribution is -0.00274. The fourth-order valence-corrected chi connectivity index (χ4v) is 3.24. The Balaban J connectivity index is 1.86. The van der Waals surface area contributed by atoms with Gasteiger partial charge >= 0.3 is 5.97 Å². The number of hydrogen-bond acceptors (Lipinski definition) is 4. The molecule has 0 amide bonds. The highest BCUT2D eigenvalue weighted by molar-refractivity contribution is 6.08. The Kier molecular flexibility index (Phi) is 8.22. The highest BCUT2D eigenvalue weighted by atomic mass is 16.5. The molecule has 5 heteroatoms. The van der Waals surface area contributed by atoms with Crippen LogP contribution in [0, 0.1) is 5.92 Å². The number of rotatable bonds is 10. The molecule has 0 aliphatic carbocycles. The zero-order chi connectivity index (χ0) is 18.1. The van der Waals surface area contributed by atoms with Crippen LogP contribution in [0.15, 0.2) is 43.0 Å². The fraction of sp³-hybridized carbons (Fsp3) is 0.550. The molecule has 0 bridgehead atoms. The molecule has 1 heterocycles. The van der Waals surface area contributed by atoms with Crippen LogP contribution in [-0.2, 0) is 9.47 Å². The lowest BCUT2D eigenvalue weighted by Gasteiger charge is -2.21. The smallest absolute Gasteiger partial charge is 0.338 e. The molecular formula is C20H27BO4. The van der Waals surface area contributed by atoms with Crippen LogP contribution >= 0.6 is 0 Å². The van der Waals surface area contributed by atoms with E-state index in [4.69, 9.17) is 17.3 Å². The lowest BCUT2D eigenvalue weighted by Crippen LogP contribution is -2.21. The van der Waals surface area contributed by atoms with Gasteiger partial charge in [0.1, 0.15) is 0 Å². The average Bonchev–Trinajstić information content (AvgIpc) is 2.97. The van der Waals surface area contributed by atoms with E-state index in [1.165, 1.54) is 0 Å². The third-order valence-electron chi connectivity index (χ3n) is 4.57. The molecule has 4 nitrogen and oxygen atoms in total. The molecule has 1 aliphatic heterocycles. The molecule has 4 atom stereocenters. The molecule has 1 fully saturated rings. The van der Waals surface area contributed by atoms with E-state index < -0.39 is 6.10 Å². The van der Waals surface area contributed by atoms with Gasteiger partial charge < -0.3 is 14.6 Å². The molecule has 0 unspecified atom stereocenters. The van der Waals surface area contributed by atoms with E-state index in [9.17, 15) is 9.90 Å². The van der Waals surface area contributed by atoms with Gasteiger partial charge in [-0.05, 0) is 37.3 Å². The highest BCUT2D eigenvalue weighted by Gasteiger charge is 2.34. The van der Waals surface area contributed by atoms with Gasteiger partial charge in [-0.1, -0.05) is 37.0 Å². The summed E-state index contributed by atoms with van der Waals surface area (Å²) in [4.78, 5) is 12.1. The molecular weight excluding hydrogens is 315 g/mol. The van der Waals surface area contributed by atoms with Gasteiger partial charge in [-0.15, -0.1) is 6.58 Å². The van der Waals surface area contributed by atoms with E-state index >= 15 is 0 Å². The minimum atomic E-state index is -0.454. The third-order valence-corrected chi connectivity index (χ3v) is 4.57. The first kappa shape index (κ1) is 19.7. The van der Waals surface area contributed by atoms with Crippen LogP contribution in [0.2, 0.25) is 6.32 Å². The van der Waals surface area contributed by atoms with Crippen molar-refractivity contribution in [1.29, 1.82) is 0 Å². The van der Waals surface area contributed by atoms with Crippen LogP contribution in [0.4, 0.5) is 0 Å². The molecule has 1 aliphatic rings. The van der Waals surface area contributed by atoms with Crippen molar-refractivity contribution in [3.8, 4) is 0 Å². The van der Waals surface area contributed by atoms with Crippen molar-refractivity contribution < 1.29 is 19.4 Å². The van der Waals surface area contributed by atoms with Crippen LogP contribution in [0.5, 0.6) is 0 Å². The molecule has 1 saturated heterocycles. The molecule has 0 saturated carbocycles. The van der Waals surface area contributed by atoms with E-state index in [2.05, 4.69) is 6.58 Å². The molecule has 1 aromatic rings. The number of carbonyl (C=O) groups is 1. The van der Waals surface area contributed by atoms with E-state index in [-0.39, 0.29) is 24.1 Å².